The molecule has 1 fully saturated rings. The van der Waals surface area contributed by atoms with Crippen LogP contribution in [0.2, 0.25) is 0 Å². The fraction of sp³-hybridized carbons (Fsp3) is 0.458. The fourth-order valence-electron chi connectivity index (χ4n) is 3.84. The normalized spacial score (nSPS) is 13.4. The van der Waals surface area contributed by atoms with Gasteiger partial charge in [-0.15, -0.1) is 0 Å². The number of carbonyl (C=O) groups is 3. The maximum atomic E-state index is 12.8. The van der Waals surface area contributed by atoms with Gasteiger partial charge in [0, 0.05) is 61.5 Å². The van der Waals surface area contributed by atoms with Gasteiger partial charge in [-0.25, -0.2) is 4.98 Å². The van der Waals surface area contributed by atoms with Crippen LogP contribution < -0.4 is 21.5 Å². The summed E-state index contributed by atoms with van der Waals surface area (Å²) in [5.74, 6) is -0.405. The number of hydrogen-bond donors (Lipinski definition) is 3. The molecule has 0 saturated carbocycles. The molecule has 1 saturated heterocycles. The smallest absolute Gasteiger partial charge is 0.255 e. The molecule has 2 aromatic rings. The predicted molar refractivity (Wildman–Crippen MR) is 131 cm³/mol. The third kappa shape index (κ3) is 7.12. The third-order valence-electron chi connectivity index (χ3n) is 5.91. The molecule has 4 N–H and O–H groups in total. The number of aryl methyl sites for hydroxylation is 1. The molecule has 188 valence electrons. The minimum Gasteiger partial charge on any atom is -0.378 e. The van der Waals surface area contributed by atoms with Crippen molar-refractivity contribution in [3.05, 3.63) is 51.4 Å². The molecule has 0 atom stereocenters. The number of anilines is 2. The van der Waals surface area contributed by atoms with Crippen molar-refractivity contribution in [1.29, 1.82) is 0 Å². The van der Waals surface area contributed by atoms with E-state index in [1.54, 1.807) is 24.0 Å². The molecule has 35 heavy (non-hydrogen) atoms. The Morgan fingerprint density at radius 1 is 1.17 bits per heavy atom. The highest BCUT2D eigenvalue weighted by Crippen LogP contribution is 2.13. The quantitative estimate of drug-likeness (QED) is 0.452. The van der Waals surface area contributed by atoms with E-state index in [-0.39, 0.29) is 43.2 Å². The van der Waals surface area contributed by atoms with Gasteiger partial charge in [-0.1, -0.05) is 0 Å². The monoisotopic (exact) mass is 484 g/mol. The number of benzene rings is 1. The molecule has 0 bridgehead atoms. The van der Waals surface area contributed by atoms with Gasteiger partial charge in [0.05, 0.1) is 13.2 Å². The minimum atomic E-state index is -0.541. The first kappa shape index (κ1) is 25.9. The van der Waals surface area contributed by atoms with Crippen molar-refractivity contribution in [2.45, 2.75) is 33.1 Å². The standard InChI is InChI=1S/C24H32N6O5/c1-3-29(11-10-20(31)27-18-6-4-17(5-7-18)22(25)33)21(32)9-8-19-16(2)26-24(28-23(19)34)30-12-14-35-15-13-30/h4-7H,3,8-15H2,1-2H3,(H2,25,33)(H,27,31)(H,26,28,34). The van der Waals surface area contributed by atoms with Gasteiger partial charge in [-0.3, -0.25) is 24.2 Å². The second kappa shape index (κ2) is 12.1. The van der Waals surface area contributed by atoms with Crippen LogP contribution in [0.3, 0.4) is 0 Å². The lowest BCUT2D eigenvalue weighted by Crippen LogP contribution is -2.39. The Morgan fingerprint density at radius 3 is 2.46 bits per heavy atom. The highest BCUT2D eigenvalue weighted by molar-refractivity contribution is 5.94. The molecule has 11 heteroatoms. The molecule has 0 radical (unpaired) electrons. The highest BCUT2D eigenvalue weighted by atomic mass is 16.5. The number of carbonyl (C=O) groups excluding carboxylic acids is 3. The predicted octanol–water partition coefficient (Wildman–Crippen LogP) is 0.824. The summed E-state index contributed by atoms with van der Waals surface area (Å²) < 4.78 is 5.34. The Balaban J connectivity index is 1.51. The summed E-state index contributed by atoms with van der Waals surface area (Å²) in [6.07, 6.45) is 0.532. The van der Waals surface area contributed by atoms with Gasteiger partial charge >= 0.3 is 0 Å². The highest BCUT2D eigenvalue weighted by Gasteiger charge is 2.18. The van der Waals surface area contributed by atoms with E-state index in [0.29, 0.717) is 61.3 Å². The third-order valence-corrected chi connectivity index (χ3v) is 5.91. The van der Waals surface area contributed by atoms with Gasteiger partial charge in [0.2, 0.25) is 23.7 Å². The van der Waals surface area contributed by atoms with E-state index in [1.807, 2.05) is 11.8 Å². The molecular formula is C24H32N6O5. The lowest BCUT2D eigenvalue weighted by atomic mass is 10.1. The van der Waals surface area contributed by atoms with Crippen molar-refractivity contribution in [3.8, 4) is 0 Å². The summed E-state index contributed by atoms with van der Waals surface area (Å²) in [5.41, 5.74) is 6.96. The molecule has 3 rings (SSSR count). The van der Waals surface area contributed by atoms with Gasteiger partial charge in [0.25, 0.3) is 5.56 Å². The second-order valence-electron chi connectivity index (χ2n) is 8.27. The molecule has 1 aromatic heterocycles. The summed E-state index contributed by atoms with van der Waals surface area (Å²) in [5, 5.41) is 2.74. The van der Waals surface area contributed by atoms with Crippen LogP contribution in [-0.4, -0.2) is 72.0 Å². The van der Waals surface area contributed by atoms with E-state index in [1.165, 1.54) is 12.1 Å². The Kier molecular flexibility index (Phi) is 8.96. The largest absolute Gasteiger partial charge is 0.378 e. The molecule has 2 heterocycles. The number of primary amides is 1. The number of ether oxygens (including phenoxy) is 1. The van der Waals surface area contributed by atoms with Crippen molar-refractivity contribution in [2.24, 2.45) is 5.73 Å². The van der Waals surface area contributed by atoms with Crippen LogP contribution in [0, 0.1) is 6.92 Å². The van der Waals surface area contributed by atoms with Crippen molar-refractivity contribution in [3.63, 3.8) is 0 Å². The number of aromatic nitrogens is 2. The van der Waals surface area contributed by atoms with Gasteiger partial charge in [-0.05, 0) is 44.5 Å². The van der Waals surface area contributed by atoms with Crippen LogP contribution in [0.4, 0.5) is 11.6 Å². The lowest BCUT2D eigenvalue weighted by molar-refractivity contribution is -0.131. The number of hydrogen-bond acceptors (Lipinski definition) is 7. The first-order chi connectivity index (χ1) is 16.8. The zero-order valence-corrected chi connectivity index (χ0v) is 20.1. The summed E-state index contributed by atoms with van der Waals surface area (Å²) >= 11 is 0. The van der Waals surface area contributed by atoms with E-state index in [9.17, 15) is 19.2 Å². The van der Waals surface area contributed by atoms with Crippen molar-refractivity contribution < 1.29 is 19.1 Å². The molecule has 1 aromatic carbocycles. The van der Waals surface area contributed by atoms with Crippen molar-refractivity contribution in [1.82, 2.24) is 14.9 Å². The van der Waals surface area contributed by atoms with Crippen LogP contribution in [0.15, 0.2) is 29.1 Å². The van der Waals surface area contributed by atoms with Crippen molar-refractivity contribution >= 4 is 29.4 Å². The Morgan fingerprint density at radius 2 is 1.86 bits per heavy atom. The number of aromatic amines is 1. The average Bonchev–Trinajstić information content (AvgIpc) is 2.84. The number of rotatable bonds is 10. The maximum Gasteiger partial charge on any atom is 0.255 e. The van der Waals surface area contributed by atoms with E-state index >= 15 is 0 Å². The first-order valence-electron chi connectivity index (χ1n) is 11.7. The van der Waals surface area contributed by atoms with E-state index in [4.69, 9.17) is 10.5 Å². The van der Waals surface area contributed by atoms with Gasteiger partial charge < -0.3 is 25.6 Å². The zero-order valence-electron chi connectivity index (χ0n) is 20.1. The summed E-state index contributed by atoms with van der Waals surface area (Å²) in [7, 11) is 0. The van der Waals surface area contributed by atoms with Crippen molar-refractivity contribution in [2.75, 3.05) is 49.6 Å². The Labute approximate surface area is 203 Å². The zero-order chi connectivity index (χ0) is 25.4. The Bertz CT molecular complexity index is 1110. The maximum absolute atomic E-state index is 12.8. The van der Waals surface area contributed by atoms with Crippen LogP contribution in [0.25, 0.3) is 0 Å². The van der Waals surface area contributed by atoms with E-state index in [0.717, 1.165) is 0 Å². The Hall–Kier alpha value is -3.73. The SMILES string of the molecule is CCN(CCC(=O)Nc1ccc(C(N)=O)cc1)C(=O)CCc1c(C)nc(N2CCOCC2)[nH]c1=O. The number of nitrogens with one attached hydrogen (secondary N) is 2. The van der Waals surface area contributed by atoms with Gasteiger partial charge in [0.15, 0.2) is 0 Å². The summed E-state index contributed by atoms with van der Waals surface area (Å²) in [6, 6.07) is 6.26. The summed E-state index contributed by atoms with van der Waals surface area (Å²) in [4.78, 5) is 59.8. The lowest BCUT2D eigenvalue weighted by Gasteiger charge is -2.27. The molecule has 3 amide bonds. The molecular weight excluding hydrogens is 452 g/mol. The number of amides is 3. The molecule has 1 aliphatic rings. The van der Waals surface area contributed by atoms with E-state index in [2.05, 4.69) is 15.3 Å². The van der Waals surface area contributed by atoms with Crippen LogP contribution in [0.1, 0.15) is 41.4 Å². The van der Waals surface area contributed by atoms with Crippen LogP contribution in [-0.2, 0) is 20.7 Å². The number of H-pyrrole nitrogens is 1. The molecule has 0 aliphatic carbocycles. The first-order valence-corrected chi connectivity index (χ1v) is 11.7. The molecule has 0 spiro atoms. The second-order valence-corrected chi connectivity index (χ2v) is 8.27. The topological polar surface area (TPSA) is 151 Å². The summed E-state index contributed by atoms with van der Waals surface area (Å²) in [6.45, 7) is 6.83. The minimum absolute atomic E-state index is 0.118. The molecule has 11 nitrogen and oxygen atoms in total. The number of morpholine rings is 1. The van der Waals surface area contributed by atoms with Crippen LogP contribution >= 0.6 is 0 Å². The van der Waals surface area contributed by atoms with Crippen LogP contribution in [0.5, 0.6) is 0 Å². The average molecular weight is 485 g/mol. The fourth-order valence-corrected chi connectivity index (χ4v) is 3.84. The van der Waals surface area contributed by atoms with Gasteiger partial charge in [-0.2, -0.15) is 0 Å². The molecule has 0 unspecified atom stereocenters. The number of nitrogens with zero attached hydrogens (tertiary/aromatic N) is 3. The number of nitrogens with two attached hydrogens (primary N) is 1. The van der Waals surface area contributed by atoms with Gasteiger partial charge in [0.1, 0.15) is 0 Å². The molecule has 1 aliphatic heterocycles. The van der Waals surface area contributed by atoms with E-state index < -0.39 is 5.91 Å².